The summed E-state index contributed by atoms with van der Waals surface area (Å²) in [6.07, 6.45) is 0.133. The van der Waals surface area contributed by atoms with Gasteiger partial charge in [0.25, 0.3) is 0 Å². The predicted molar refractivity (Wildman–Crippen MR) is 141 cm³/mol. The van der Waals surface area contributed by atoms with Gasteiger partial charge in [-0.1, -0.05) is 46.9 Å². The first-order valence-electron chi connectivity index (χ1n) is 10.9. The molecule has 0 aliphatic carbocycles. The lowest BCUT2D eigenvalue weighted by Crippen LogP contribution is -2.73. The van der Waals surface area contributed by atoms with Crippen molar-refractivity contribution in [3.05, 3.63) is 63.1 Å². The molecular weight excluding hydrogens is 534 g/mol. The summed E-state index contributed by atoms with van der Waals surface area (Å²) in [6, 6.07) is 11.8. The zero-order valence-corrected chi connectivity index (χ0v) is 23.0. The molecule has 2 aromatic carbocycles. The van der Waals surface area contributed by atoms with Crippen LogP contribution in [-0.4, -0.2) is 90.5 Å². The van der Waals surface area contributed by atoms with Gasteiger partial charge < -0.3 is 9.80 Å². The highest BCUT2D eigenvalue weighted by Gasteiger charge is 2.50. The number of piperazine rings is 1. The summed E-state index contributed by atoms with van der Waals surface area (Å²) in [6.45, 7) is 0.923. The highest BCUT2D eigenvalue weighted by atomic mass is 35.5. The molecule has 2 heterocycles. The Morgan fingerprint density at radius 1 is 0.971 bits per heavy atom. The second-order valence-corrected chi connectivity index (χ2v) is 10.9. The molecule has 3 unspecified atom stereocenters. The van der Waals surface area contributed by atoms with Crippen molar-refractivity contribution < 1.29 is 14.0 Å². The Kier molecular flexibility index (Phi) is 9.71. The second-order valence-electron chi connectivity index (χ2n) is 8.54. The molecule has 0 spiro atoms. The van der Waals surface area contributed by atoms with Gasteiger partial charge in [-0.3, -0.25) is 18.9 Å². The van der Waals surface area contributed by atoms with E-state index in [4.69, 9.17) is 34.8 Å². The first kappa shape index (κ1) is 28.0. The molecule has 0 saturated carbocycles. The van der Waals surface area contributed by atoms with Gasteiger partial charge in [-0.25, -0.2) is 4.31 Å². The van der Waals surface area contributed by atoms with Crippen LogP contribution in [0.25, 0.3) is 0 Å². The summed E-state index contributed by atoms with van der Waals surface area (Å²) in [5.41, 5.74) is 0.950. The maximum atomic E-state index is 13.6. The smallest absolute Gasteiger partial charge is 0.245 e. The van der Waals surface area contributed by atoms with E-state index in [-0.39, 0.29) is 24.0 Å². The summed E-state index contributed by atoms with van der Waals surface area (Å²) in [7, 11) is 6.05. The van der Waals surface area contributed by atoms with Gasteiger partial charge in [0, 0.05) is 35.0 Å². The van der Waals surface area contributed by atoms with E-state index >= 15 is 0 Å². The third kappa shape index (κ3) is 6.24. The third-order valence-corrected chi connectivity index (χ3v) is 8.15. The molecule has 2 amide bonds. The first-order chi connectivity index (χ1) is 16.7. The van der Waals surface area contributed by atoms with Crippen LogP contribution in [0.5, 0.6) is 0 Å². The van der Waals surface area contributed by atoms with Crippen molar-refractivity contribution >= 4 is 58.6 Å². The number of likely N-dealkylation sites (N-methyl/N-ethyl adjacent to an activating group) is 2. The van der Waals surface area contributed by atoms with Gasteiger partial charge in [-0.05, 0) is 61.9 Å². The Morgan fingerprint density at radius 2 is 1.60 bits per heavy atom. The van der Waals surface area contributed by atoms with E-state index in [1.165, 1.54) is 11.9 Å². The van der Waals surface area contributed by atoms with Gasteiger partial charge in [0.05, 0.1) is 18.7 Å². The number of carbonyl (C=O) groups excluding carboxylic acids is 2. The number of fused-ring (bicyclic) bond motifs is 1. The lowest BCUT2D eigenvalue weighted by molar-refractivity contribution is -0.167. The summed E-state index contributed by atoms with van der Waals surface area (Å²) < 4.78 is 11.7. The molecule has 2 fully saturated rings. The quantitative estimate of drug-likeness (QED) is 0.495. The molecule has 4 rings (SSSR count). The molecule has 2 aliphatic heterocycles. The van der Waals surface area contributed by atoms with Gasteiger partial charge in [0.2, 0.25) is 11.8 Å². The molecule has 2 aromatic rings. The fourth-order valence-electron chi connectivity index (χ4n) is 4.26. The van der Waals surface area contributed by atoms with Crippen LogP contribution in [0.1, 0.15) is 5.56 Å². The second kappa shape index (κ2) is 12.1. The van der Waals surface area contributed by atoms with E-state index in [2.05, 4.69) is 4.31 Å². The van der Waals surface area contributed by atoms with Crippen molar-refractivity contribution in [3.8, 4) is 0 Å². The number of benzene rings is 2. The molecule has 6 nitrogen and oxygen atoms in total. The zero-order valence-electron chi connectivity index (χ0n) is 19.9. The van der Waals surface area contributed by atoms with Crippen molar-refractivity contribution in [2.75, 3.05) is 41.4 Å². The van der Waals surface area contributed by atoms with E-state index in [1.807, 2.05) is 37.2 Å². The minimum atomic E-state index is -0.603. The van der Waals surface area contributed by atoms with Crippen LogP contribution in [0.4, 0.5) is 4.39 Å². The van der Waals surface area contributed by atoms with E-state index in [0.29, 0.717) is 41.8 Å². The monoisotopic (exact) mass is 560 g/mol. The topological polar surface area (TPSA) is 47.1 Å². The van der Waals surface area contributed by atoms with Crippen LogP contribution >= 0.6 is 46.8 Å². The fraction of sp³-hybridized carbons (Fsp3) is 0.417. The number of amides is 2. The molecule has 11 heteroatoms. The zero-order chi connectivity index (χ0) is 25.9. The minimum absolute atomic E-state index is 0.0375. The molecule has 2 saturated heterocycles. The summed E-state index contributed by atoms with van der Waals surface area (Å²) >= 11 is 20.1. The fourth-order valence-corrected chi connectivity index (χ4v) is 5.94. The molecule has 190 valence electrons. The lowest BCUT2D eigenvalue weighted by atomic mass is 9.97. The van der Waals surface area contributed by atoms with Crippen LogP contribution in [0.3, 0.4) is 0 Å². The largest absolute Gasteiger partial charge is 0.340 e. The van der Waals surface area contributed by atoms with Crippen molar-refractivity contribution in [1.82, 2.24) is 19.0 Å². The average molecular weight is 562 g/mol. The predicted octanol–water partition coefficient (Wildman–Crippen LogP) is 4.72. The Labute approximate surface area is 225 Å². The molecular formula is C24H28Cl3FN4O2S. The molecule has 0 bridgehead atoms. The SMILES string of the molecule is CF.CN1CC2N(Sc3ccc(Cl)cc3Cl)CC(N(C)C)C(=O)N2C(Cc2ccc(Cl)cc2)C1=O. The van der Waals surface area contributed by atoms with Gasteiger partial charge in [0.15, 0.2) is 0 Å². The summed E-state index contributed by atoms with van der Waals surface area (Å²) in [5.74, 6) is -0.104. The Balaban J connectivity index is 0.00000167. The molecule has 35 heavy (non-hydrogen) atoms. The van der Waals surface area contributed by atoms with Crippen LogP contribution in [0.15, 0.2) is 47.4 Å². The van der Waals surface area contributed by atoms with Crippen LogP contribution in [0, 0.1) is 0 Å². The van der Waals surface area contributed by atoms with Crippen LogP contribution in [0.2, 0.25) is 15.1 Å². The van der Waals surface area contributed by atoms with E-state index in [9.17, 15) is 14.0 Å². The van der Waals surface area contributed by atoms with Gasteiger partial charge in [-0.2, -0.15) is 0 Å². The lowest BCUT2D eigenvalue weighted by Gasteiger charge is -2.53. The molecule has 0 aromatic heterocycles. The maximum absolute atomic E-state index is 13.6. The highest BCUT2D eigenvalue weighted by Crippen LogP contribution is 2.38. The molecule has 0 radical (unpaired) electrons. The number of carbonyl (C=O) groups is 2. The minimum Gasteiger partial charge on any atom is -0.340 e. The number of nitrogens with zero attached hydrogens (tertiary/aromatic N) is 4. The van der Waals surface area contributed by atoms with Gasteiger partial charge in [0.1, 0.15) is 18.2 Å². The summed E-state index contributed by atoms with van der Waals surface area (Å²) in [5, 5.41) is 1.75. The number of rotatable bonds is 5. The van der Waals surface area contributed by atoms with Crippen molar-refractivity contribution in [2.45, 2.75) is 29.6 Å². The highest BCUT2D eigenvalue weighted by molar-refractivity contribution is 7.97. The summed E-state index contributed by atoms with van der Waals surface area (Å²) in [4.78, 5) is 33.1. The standard InChI is InChI=1S/C23H25Cl3N4O2S.CH3F/c1-27(2)19-12-29(33-20-9-8-16(25)11-17(20)26)21-13-28(3)22(31)18(30(21)23(19)32)10-14-4-6-15(24)7-5-14;1-2/h4-9,11,18-19,21H,10,12-13H2,1-3H3;1H3. The molecule has 0 N–H and O–H groups in total. The maximum Gasteiger partial charge on any atom is 0.245 e. The van der Waals surface area contributed by atoms with Crippen LogP contribution in [-0.2, 0) is 16.0 Å². The van der Waals surface area contributed by atoms with Crippen molar-refractivity contribution in [1.29, 1.82) is 0 Å². The van der Waals surface area contributed by atoms with E-state index in [0.717, 1.165) is 10.5 Å². The first-order valence-corrected chi connectivity index (χ1v) is 12.8. The molecule has 2 aliphatic rings. The van der Waals surface area contributed by atoms with Crippen molar-refractivity contribution in [3.63, 3.8) is 0 Å². The Morgan fingerprint density at radius 3 is 2.20 bits per heavy atom. The number of hydrogen-bond donors (Lipinski definition) is 0. The van der Waals surface area contributed by atoms with Gasteiger partial charge >= 0.3 is 0 Å². The molecule has 3 atom stereocenters. The third-order valence-electron chi connectivity index (χ3n) is 6.06. The van der Waals surface area contributed by atoms with Gasteiger partial charge in [-0.15, -0.1) is 0 Å². The average Bonchev–Trinajstić information content (AvgIpc) is 2.82. The van der Waals surface area contributed by atoms with Crippen LogP contribution < -0.4 is 0 Å². The Bertz CT molecular complexity index is 1060. The Hall–Kier alpha value is -1.55. The number of halogens is 4. The van der Waals surface area contributed by atoms with Crippen molar-refractivity contribution in [2.24, 2.45) is 0 Å². The number of alkyl halides is 1. The van der Waals surface area contributed by atoms with E-state index < -0.39 is 6.04 Å². The normalized spacial score (nSPS) is 22.7. The number of hydrogen-bond acceptors (Lipinski definition) is 5. The van der Waals surface area contributed by atoms with E-state index in [1.54, 1.807) is 41.1 Å².